The summed E-state index contributed by atoms with van der Waals surface area (Å²) in [6.07, 6.45) is 2.69. The summed E-state index contributed by atoms with van der Waals surface area (Å²) in [7, 11) is 0. The number of nitrogens with two attached hydrogens (primary N) is 1. The van der Waals surface area contributed by atoms with E-state index in [1.54, 1.807) is 6.92 Å². The zero-order valence-corrected chi connectivity index (χ0v) is 10.5. The molecule has 1 aliphatic rings. The van der Waals surface area contributed by atoms with Crippen LogP contribution in [0.15, 0.2) is 0 Å². The van der Waals surface area contributed by atoms with E-state index < -0.39 is 11.5 Å². The molecule has 1 aliphatic carbocycles. The van der Waals surface area contributed by atoms with Gasteiger partial charge in [0.25, 0.3) is 0 Å². The van der Waals surface area contributed by atoms with Gasteiger partial charge in [-0.25, -0.2) is 4.79 Å². The van der Waals surface area contributed by atoms with Crippen molar-refractivity contribution in [3.8, 4) is 0 Å². The molecule has 4 N–H and O–H groups in total. The zero-order chi connectivity index (χ0) is 13.1. The maximum atomic E-state index is 11.8. The third kappa shape index (κ3) is 3.19. The summed E-state index contributed by atoms with van der Waals surface area (Å²) >= 11 is 0. The highest BCUT2D eigenvalue weighted by Crippen LogP contribution is 2.32. The van der Waals surface area contributed by atoms with Crippen LogP contribution in [0.3, 0.4) is 0 Å². The Morgan fingerprint density at radius 1 is 1.47 bits per heavy atom. The number of amides is 1. The first-order valence-corrected chi connectivity index (χ1v) is 6.17. The van der Waals surface area contributed by atoms with Crippen molar-refractivity contribution in [2.75, 3.05) is 6.54 Å². The molecule has 98 valence electrons. The van der Waals surface area contributed by atoms with Crippen molar-refractivity contribution in [3.63, 3.8) is 0 Å². The molecule has 0 aromatic heterocycles. The van der Waals surface area contributed by atoms with E-state index >= 15 is 0 Å². The van der Waals surface area contributed by atoms with Gasteiger partial charge < -0.3 is 16.2 Å². The number of hydrogen-bond donors (Lipinski definition) is 3. The maximum absolute atomic E-state index is 11.8. The van der Waals surface area contributed by atoms with Gasteiger partial charge in [0.15, 0.2) is 0 Å². The average Bonchev–Trinajstić information content (AvgIpc) is 2.30. The smallest absolute Gasteiger partial charge is 0.329 e. The normalized spacial score (nSPS) is 30.6. The third-order valence-electron chi connectivity index (χ3n) is 3.70. The number of carboxylic acids is 1. The fraction of sp³-hybridized carbons (Fsp3) is 0.833. The van der Waals surface area contributed by atoms with Crippen LogP contribution in [0, 0.1) is 11.8 Å². The predicted molar refractivity (Wildman–Crippen MR) is 64.4 cm³/mol. The van der Waals surface area contributed by atoms with Crippen LogP contribution in [0.4, 0.5) is 0 Å². The number of hydrogen-bond acceptors (Lipinski definition) is 3. The van der Waals surface area contributed by atoms with E-state index in [0.29, 0.717) is 18.8 Å². The van der Waals surface area contributed by atoms with E-state index in [1.807, 2.05) is 0 Å². The van der Waals surface area contributed by atoms with Gasteiger partial charge in [0.05, 0.1) is 0 Å². The van der Waals surface area contributed by atoms with Crippen LogP contribution in [-0.4, -0.2) is 29.1 Å². The van der Waals surface area contributed by atoms with Crippen LogP contribution in [0.2, 0.25) is 0 Å². The number of nitrogens with one attached hydrogen (secondary N) is 1. The molecule has 1 unspecified atom stereocenters. The zero-order valence-electron chi connectivity index (χ0n) is 10.5. The molecule has 0 aliphatic heterocycles. The molecule has 0 spiro atoms. The summed E-state index contributed by atoms with van der Waals surface area (Å²) in [4.78, 5) is 23.2. The van der Waals surface area contributed by atoms with Crippen molar-refractivity contribution in [1.29, 1.82) is 0 Å². The Labute approximate surface area is 102 Å². The molecule has 0 aromatic carbocycles. The molecule has 0 saturated heterocycles. The lowest BCUT2D eigenvalue weighted by Gasteiger charge is -2.37. The minimum absolute atomic E-state index is 0.234. The summed E-state index contributed by atoms with van der Waals surface area (Å²) in [5.41, 5.74) is 4.33. The Morgan fingerprint density at radius 3 is 2.41 bits per heavy atom. The van der Waals surface area contributed by atoms with Gasteiger partial charge >= 0.3 is 5.97 Å². The summed E-state index contributed by atoms with van der Waals surface area (Å²) in [5, 5.41) is 12.0. The lowest BCUT2D eigenvalue weighted by Crippen LogP contribution is -2.57. The largest absolute Gasteiger partial charge is 0.480 e. The van der Waals surface area contributed by atoms with Crippen molar-refractivity contribution >= 4 is 11.9 Å². The second-order valence-electron chi connectivity index (χ2n) is 5.20. The molecule has 17 heavy (non-hydrogen) atoms. The summed E-state index contributed by atoms with van der Waals surface area (Å²) in [6.45, 7) is 4.05. The molecule has 0 heterocycles. The number of carbonyl (C=O) groups is 2. The molecule has 1 saturated carbocycles. The highest BCUT2D eigenvalue weighted by Gasteiger charge is 2.42. The Balaban J connectivity index is 2.73. The maximum Gasteiger partial charge on any atom is 0.329 e. The van der Waals surface area contributed by atoms with E-state index in [0.717, 1.165) is 12.8 Å². The Bertz CT molecular complexity index is 296. The number of rotatable bonds is 4. The number of carboxylic acid groups (broad SMARTS) is 1. The van der Waals surface area contributed by atoms with E-state index in [4.69, 9.17) is 5.73 Å². The molecule has 1 fully saturated rings. The van der Waals surface area contributed by atoms with Crippen LogP contribution >= 0.6 is 0 Å². The Morgan fingerprint density at radius 2 is 2.00 bits per heavy atom. The topological polar surface area (TPSA) is 92.4 Å². The van der Waals surface area contributed by atoms with Gasteiger partial charge in [-0.15, -0.1) is 0 Å². The third-order valence-corrected chi connectivity index (χ3v) is 3.70. The van der Waals surface area contributed by atoms with Gasteiger partial charge in [0.1, 0.15) is 5.54 Å². The van der Waals surface area contributed by atoms with Gasteiger partial charge in [-0.3, -0.25) is 4.79 Å². The van der Waals surface area contributed by atoms with Crippen molar-refractivity contribution in [2.45, 2.75) is 45.1 Å². The monoisotopic (exact) mass is 242 g/mol. The van der Waals surface area contributed by atoms with E-state index in [2.05, 4.69) is 12.2 Å². The molecular weight excluding hydrogens is 220 g/mol. The van der Waals surface area contributed by atoms with Crippen LogP contribution < -0.4 is 11.1 Å². The summed E-state index contributed by atoms with van der Waals surface area (Å²) < 4.78 is 0. The lowest BCUT2D eigenvalue weighted by molar-refractivity contribution is -0.150. The fourth-order valence-electron chi connectivity index (χ4n) is 2.11. The number of carbonyl (C=O) groups excluding carboxylic acids is 1. The molecule has 0 bridgehead atoms. The van der Waals surface area contributed by atoms with Crippen molar-refractivity contribution in [2.24, 2.45) is 17.6 Å². The van der Waals surface area contributed by atoms with Crippen LogP contribution in [0.5, 0.6) is 0 Å². The van der Waals surface area contributed by atoms with Crippen molar-refractivity contribution < 1.29 is 14.7 Å². The van der Waals surface area contributed by atoms with Crippen molar-refractivity contribution in [1.82, 2.24) is 5.32 Å². The highest BCUT2D eigenvalue weighted by molar-refractivity contribution is 5.88. The molecule has 1 atom stereocenters. The Kier molecular flexibility index (Phi) is 4.51. The summed E-state index contributed by atoms with van der Waals surface area (Å²) in [5.74, 6) is -0.997. The van der Waals surface area contributed by atoms with Gasteiger partial charge in [0.2, 0.25) is 5.91 Å². The van der Waals surface area contributed by atoms with Gasteiger partial charge in [0, 0.05) is 12.5 Å². The van der Waals surface area contributed by atoms with Crippen LogP contribution in [0.1, 0.15) is 39.5 Å². The number of aliphatic carboxylic acids is 1. The standard InChI is InChI=1S/C12H22N2O3/c1-8-3-5-12(6-4-8,11(16)17)14-10(15)9(2)7-13/h8-9H,3-7,13H2,1-2H3,(H,14,15)(H,16,17). The first kappa shape index (κ1) is 14.0. The van der Waals surface area contributed by atoms with E-state index in [9.17, 15) is 14.7 Å². The molecule has 1 rings (SSSR count). The fourth-order valence-corrected chi connectivity index (χ4v) is 2.11. The minimum atomic E-state index is -1.08. The predicted octanol–water partition coefficient (Wildman–Crippen LogP) is 0.731. The lowest BCUT2D eigenvalue weighted by atomic mass is 9.77. The van der Waals surface area contributed by atoms with Crippen LogP contribution in [-0.2, 0) is 9.59 Å². The molecule has 0 radical (unpaired) electrons. The molecular formula is C12H22N2O3. The minimum Gasteiger partial charge on any atom is -0.480 e. The van der Waals surface area contributed by atoms with E-state index in [1.165, 1.54) is 0 Å². The average molecular weight is 242 g/mol. The first-order valence-electron chi connectivity index (χ1n) is 6.17. The molecule has 0 aromatic rings. The van der Waals surface area contributed by atoms with Gasteiger partial charge in [-0.2, -0.15) is 0 Å². The van der Waals surface area contributed by atoms with Crippen LogP contribution in [0.25, 0.3) is 0 Å². The first-order chi connectivity index (χ1) is 7.91. The SMILES string of the molecule is CC1CCC(NC(=O)C(C)CN)(C(=O)O)CC1. The second kappa shape index (κ2) is 5.49. The summed E-state index contributed by atoms with van der Waals surface area (Å²) in [6, 6.07) is 0. The quantitative estimate of drug-likeness (QED) is 0.677. The van der Waals surface area contributed by atoms with E-state index in [-0.39, 0.29) is 18.4 Å². The molecule has 1 amide bonds. The Hall–Kier alpha value is -1.10. The van der Waals surface area contributed by atoms with Crippen molar-refractivity contribution in [3.05, 3.63) is 0 Å². The molecule has 5 heteroatoms. The second-order valence-corrected chi connectivity index (χ2v) is 5.20. The van der Waals surface area contributed by atoms with Gasteiger partial charge in [-0.1, -0.05) is 13.8 Å². The molecule has 5 nitrogen and oxygen atoms in total. The highest BCUT2D eigenvalue weighted by atomic mass is 16.4. The van der Waals surface area contributed by atoms with Gasteiger partial charge in [-0.05, 0) is 31.6 Å².